The Morgan fingerprint density at radius 2 is 1.59 bits per heavy atom. The number of nitrogens with one attached hydrogen (secondary N) is 3. The molecule has 244 valence electrons. The van der Waals surface area contributed by atoms with Gasteiger partial charge in [0.05, 0.1) is 12.6 Å². The van der Waals surface area contributed by atoms with Crippen molar-refractivity contribution in [3.8, 4) is 22.6 Å². The molecule has 11 heteroatoms. The van der Waals surface area contributed by atoms with Crippen molar-refractivity contribution in [3.05, 3.63) is 48.5 Å². The molecule has 46 heavy (non-hydrogen) atoms. The van der Waals surface area contributed by atoms with Gasteiger partial charge in [0, 0.05) is 25.0 Å². The zero-order valence-electron chi connectivity index (χ0n) is 26.2. The van der Waals surface area contributed by atoms with E-state index >= 15 is 0 Å². The van der Waals surface area contributed by atoms with E-state index in [-0.39, 0.29) is 42.7 Å². The van der Waals surface area contributed by atoms with Gasteiger partial charge in [0.2, 0.25) is 17.6 Å². The molecule has 2 aliphatic carbocycles. The van der Waals surface area contributed by atoms with Crippen LogP contribution in [0.15, 0.2) is 48.5 Å². The van der Waals surface area contributed by atoms with Crippen molar-refractivity contribution >= 4 is 29.4 Å². The number of hydrogen-bond acceptors (Lipinski definition) is 7. The van der Waals surface area contributed by atoms with E-state index in [9.17, 15) is 24.0 Å². The first-order valence-corrected chi connectivity index (χ1v) is 16.5. The largest absolute Gasteiger partial charge is 0.494 e. The average molecular weight is 631 g/mol. The van der Waals surface area contributed by atoms with Gasteiger partial charge < -0.3 is 30.3 Å². The molecule has 11 nitrogen and oxygen atoms in total. The number of ketones is 1. The third-order valence-corrected chi connectivity index (χ3v) is 9.65. The normalized spacial score (nSPS) is 24.1. The zero-order chi connectivity index (χ0) is 32.2. The van der Waals surface area contributed by atoms with E-state index in [1.165, 1.54) is 0 Å². The van der Waals surface area contributed by atoms with Crippen LogP contribution in [0, 0.1) is 17.8 Å². The summed E-state index contributed by atoms with van der Waals surface area (Å²) in [4.78, 5) is 67.3. The Morgan fingerprint density at radius 3 is 2.20 bits per heavy atom. The fourth-order valence-corrected chi connectivity index (χ4v) is 7.07. The van der Waals surface area contributed by atoms with Crippen LogP contribution >= 0.6 is 0 Å². The van der Waals surface area contributed by atoms with E-state index in [1.54, 1.807) is 4.90 Å². The number of Topliss-reactive ketones (excluding diaryl/α,β-unsaturated/α-hetero) is 1. The van der Waals surface area contributed by atoms with Crippen LogP contribution in [0.2, 0.25) is 0 Å². The molecule has 5 atom stereocenters. The predicted molar refractivity (Wildman–Crippen MR) is 169 cm³/mol. The van der Waals surface area contributed by atoms with Crippen LogP contribution in [0.5, 0.6) is 11.5 Å². The summed E-state index contributed by atoms with van der Waals surface area (Å²) >= 11 is 0. The van der Waals surface area contributed by atoms with Gasteiger partial charge in [-0.3, -0.25) is 24.0 Å². The first-order chi connectivity index (χ1) is 22.3. The fourth-order valence-electron chi connectivity index (χ4n) is 7.07. The average Bonchev–Trinajstić information content (AvgIpc) is 3.41. The van der Waals surface area contributed by atoms with Crippen LogP contribution in [0.25, 0.3) is 11.1 Å². The molecular formula is C35H42N4O7. The smallest absolute Gasteiger partial charge is 0.289 e. The zero-order valence-corrected chi connectivity index (χ0v) is 26.2. The van der Waals surface area contributed by atoms with E-state index in [2.05, 4.69) is 16.0 Å². The molecule has 2 aliphatic heterocycles. The minimum atomic E-state index is -1.15. The highest BCUT2D eigenvalue weighted by molar-refractivity contribution is 6.38. The standard InChI is InChI=1S/C35H42N4O7/c1-2-45-26-12-6-21(7-13-26)22-8-14-27(15-9-22)46-20-30(40)39-19-24-4-3-5-28(24)31(39)34(43)38-29(18-23-16-17-36-33(23)42)32(41)35(44)37-25-10-11-25/h6-9,12-15,23-25,28-29,31H,2-5,10-11,16-20H2,1H3,(H,36,42)(H,37,44)(H,38,43)/t23-,24-,28-,29-,31-/m0/s1. The van der Waals surface area contributed by atoms with Crippen LogP contribution < -0.4 is 25.4 Å². The van der Waals surface area contributed by atoms with Gasteiger partial charge in [0.25, 0.3) is 11.8 Å². The van der Waals surface area contributed by atoms with Crippen molar-refractivity contribution in [1.29, 1.82) is 0 Å². The number of carbonyl (C=O) groups is 5. The Labute approximate surface area is 268 Å². The molecule has 2 saturated carbocycles. The van der Waals surface area contributed by atoms with E-state index in [0.29, 0.717) is 31.9 Å². The monoisotopic (exact) mass is 630 g/mol. The van der Waals surface area contributed by atoms with Crippen molar-refractivity contribution in [3.63, 3.8) is 0 Å². The molecule has 4 fully saturated rings. The maximum Gasteiger partial charge on any atom is 0.289 e. The quantitative estimate of drug-likeness (QED) is 0.289. The first-order valence-electron chi connectivity index (χ1n) is 16.5. The second-order valence-corrected chi connectivity index (χ2v) is 12.8. The molecule has 2 saturated heterocycles. The van der Waals surface area contributed by atoms with Crippen LogP contribution in [-0.4, -0.2) is 78.7 Å². The molecule has 4 aliphatic rings. The van der Waals surface area contributed by atoms with E-state index in [4.69, 9.17) is 9.47 Å². The number of fused-ring (bicyclic) bond motifs is 1. The summed E-state index contributed by atoms with van der Waals surface area (Å²) in [6.07, 6.45) is 4.88. The second kappa shape index (κ2) is 13.9. The maximum atomic E-state index is 13.9. The van der Waals surface area contributed by atoms with Gasteiger partial charge in [-0.05, 0) is 92.7 Å². The third-order valence-electron chi connectivity index (χ3n) is 9.65. The van der Waals surface area contributed by atoms with Gasteiger partial charge in [-0.25, -0.2) is 0 Å². The molecule has 4 amide bonds. The summed E-state index contributed by atoms with van der Waals surface area (Å²) < 4.78 is 11.4. The topological polar surface area (TPSA) is 143 Å². The third kappa shape index (κ3) is 7.18. The highest BCUT2D eigenvalue weighted by Crippen LogP contribution is 2.42. The number of carbonyl (C=O) groups excluding carboxylic acids is 5. The number of ether oxygens (including phenoxy) is 2. The first kappa shape index (κ1) is 31.6. The van der Waals surface area contributed by atoms with Gasteiger partial charge in [-0.1, -0.05) is 30.7 Å². The van der Waals surface area contributed by atoms with Crippen LogP contribution in [0.1, 0.15) is 51.9 Å². The van der Waals surface area contributed by atoms with E-state index in [0.717, 1.165) is 49.0 Å². The molecule has 3 N–H and O–H groups in total. The van der Waals surface area contributed by atoms with E-state index in [1.807, 2.05) is 55.5 Å². The lowest BCUT2D eigenvalue weighted by atomic mass is 9.91. The number of nitrogens with zero attached hydrogens (tertiary/aromatic N) is 1. The SMILES string of the molecule is CCOc1ccc(-c2ccc(OCC(=O)N3C[C@@H]4CCC[C@@H]4[C@H]3C(=O)N[C@@H](C[C@@H]3CCNC3=O)C(=O)C(=O)NC3CC3)cc2)cc1. The molecule has 0 bridgehead atoms. The van der Waals surface area contributed by atoms with Crippen molar-refractivity contribution in [2.75, 3.05) is 26.3 Å². The molecular weight excluding hydrogens is 588 g/mol. The van der Waals surface area contributed by atoms with Crippen LogP contribution in [0.3, 0.4) is 0 Å². The Hall–Kier alpha value is -4.41. The van der Waals surface area contributed by atoms with Crippen molar-refractivity contribution in [1.82, 2.24) is 20.9 Å². The van der Waals surface area contributed by atoms with Crippen molar-refractivity contribution in [2.24, 2.45) is 17.8 Å². The van der Waals surface area contributed by atoms with Crippen molar-refractivity contribution in [2.45, 2.75) is 70.0 Å². The molecule has 6 rings (SSSR count). The second-order valence-electron chi connectivity index (χ2n) is 12.8. The minimum Gasteiger partial charge on any atom is -0.494 e. The van der Waals surface area contributed by atoms with Gasteiger partial charge in [-0.2, -0.15) is 0 Å². The number of likely N-dealkylation sites (tertiary alicyclic amines) is 1. The predicted octanol–water partition coefficient (Wildman–Crippen LogP) is 2.62. The summed E-state index contributed by atoms with van der Waals surface area (Å²) in [7, 11) is 0. The summed E-state index contributed by atoms with van der Waals surface area (Å²) in [5, 5.41) is 8.27. The Balaban J connectivity index is 1.11. The van der Waals surface area contributed by atoms with Gasteiger partial charge in [0.1, 0.15) is 17.5 Å². The highest BCUT2D eigenvalue weighted by atomic mass is 16.5. The summed E-state index contributed by atoms with van der Waals surface area (Å²) in [5.74, 6) is -1.44. The number of rotatable bonds is 13. The number of benzene rings is 2. The van der Waals surface area contributed by atoms with Crippen molar-refractivity contribution < 1.29 is 33.4 Å². The molecule has 0 spiro atoms. The summed E-state index contributed by atoms with van der Waals surface area (Å²) in [6, 6.07) is 13.3. The molecule has 2 heterocycles. The maximum absolute atomic E-state index is 13.9. The van der Waals surface area contributed by atoms with Gasteiger partial charge in [-0.15, -0.1) is 0 Å². The van der Waals surface area contributed by atoms with Gasteiger partial charge >= 0.3 is 0 Å². The summed E-state index contributed by atoms with van der Waals surface area (Å²) in [5.41, 5.74) is 2.02. The molecule has 0 unspecified atom stereocenters. The Bertz CT molecular complexity index is 1460. The molecule has 2 aromatic carbocycles. The van der Waals surface area contributed by atoms with E-state index < -0.39 is 35.6 Å². The fraction of sp³-hybridized carbons (Fsp3) is 0.514. The lowest BCUT2D eigenvalue weighted by Gasteiger charge is -2.29. The van der Waals surface area contributed by atoms with Gasteiger partial charge in [0.15, 0.2) is 6.61 Å². The highest BCUT2D eigenvalue weighted by Gasteiger charge is 2.50. The lowest BCUT2D eigenvalue weighted by molar-refractivity contribution is -0.143. The molecule has 0 radical (unpaired) electrons. The minimum absolute atomic E-state index is 0.0202. The lowest BCUT2D eigenvalue weighted by Crippen LogP contribution is -2.55. The molecule has 2 aromatic rings. The van der Waals surface area contributed by atoms with Crippen LogP contribution in [-0.2, 0) is 24.0 Å². The molecule has 0 aromatic heterocycles. The number of hydrogen-bond donors (Lipinski definition) is 3. The number of amides is 4. The Morgan fingerprint density at radius 1 is 0.913 bits per heavy atom. The summed E-state index contributed by atoms with van der Waals surface area (Å²) in [6.45, 7) is 3.24. The Kier molecular flexibility index (Phi) is 9.56. The van der Waals surface area contributed by atoms with Crippen LogP contribution in [0.4, 0.5) is 0 Å².